The average molecular weight is 300 g/mol. The largest absolute Gasteiger partial charge is 0.502 e. The molecule has 0 aliphatic heterocycles. The standard InChI is InChI=1S/C14H20O5S/c1-3-4-5-6-7-12(20-2)14(17)19-13-8-10(15)11(16)9-18-13/h8-9,12,16H,3-7H2,1-2H3. The third-order valence-corrected chi connectivity index (χ3v) is 3.85. The Morgan fingerprint density at radius 1 is 1.45 bits per heavy atom. The van der Waals surface area contributed by atoms with Gasteiger partial charge < -0.3 is 14.3 Å². The van der Waals surface area contributed by atoms with Gasteiger partial charge in [-0.3, -0.25) is 9.59 Å². The molecule has 1 rings (SSSR count). The monoisotopic (exact) mass is 300 g/mol. The summed E-state index contributed by atoms with van der Waals surface area (Å²) in [6.07, 6.45) is 7.81. The fourth-order valence-corrected chi connectivity index (χ4v) is 2.34. The molecule has 1 atom stereocenters. The Kier molecular flexibility index (Phi) is 7.22. The minimum Gasteiger partial charge on any atom is -0.502 e. The van der Waals surface area contributed by atoms with Crippen LogP contribution >= 0.6 is 11.8 Å². The van der Waals surface area contributed by atoms with E-state index in [1.807, 2.05) is 6.26 Å². The Labute approximate surface area is 122 Å². The van der Waals surface area contributed by atoms with E-state index in [1.165, 1.54) is 11.8 Å². The van der Waals surface area contributed by atoms with Crippen LogP contribution < -0.4 is 10.2 Å². The molecule has 0 aliphatic carbocycles. The van der Waals surface area contributed by atoms with E-state index in [9.17, 15) is 9.59 Å². The molecule has 0 saturated carbocycles. The minimum absolute atomic E-state index is 0.189. The zero-order valence-electron chi connectivity index (χ0n) is 11.8. The van der Waals surface area contributed by atoms with Gasteiger partial charge in [-0.25, -0.2) is 0 Å². The fourth-order valence-electron chi connectivity index (χ4n) is 1.69. The Balaban J connectivity index is 2.53. The first-order chi connectivity index (χ1) is 9.58. The molecule has 0 aliphatic rings. The average Bonchev–Trinajstić information content (AvgIpc) is 2.43. The third kappa shape index (κ3) is 5.28. The van der Waals surface area contributed by atoms with Crippen molar-refractivity contribution in [2.24, 2.45) is 0 Å². The van der Waals surface area contributed by atoms with Gasteiger partial charge in [0.2, 0.25) is 5.43 Å². The number of carbonyl (C=O) groups is 1. The van der Waals surface area contributed by atoms with Crippen LogP contribution in [0.4, 0.5) is 0 Å². The molecule has 0 fully saturated rings. The number of unbranched alkanes of at least 4 members (excludes halogenated alkanes) is 3. The van der Waals surface area contributed by atoms with Crippen LogP contribution in [0.5, 0.6) is 11.7 Å². The van der Waals surface area contributed by atoms with Crippen molar-refractivity contribution in [2.45, 2.75) is 44.3 Å². The van der Waals surface area contributed by atoms with Crippen molar-refractivity contribution >= 4 is 17.7 Å². The molecule has 112 valence electrons. The summed E-state index contributed by atoms with van der Waals surface area (Å²) in [5, 5.41) is 8.78. The predicted octanol–water partition coefficient (Wildman–Crippen LogP) is 2.95. The first-order valence-electron chi connectivity index (χ1n) is 6.64. The van der Waals surface area contributed by atoms with Crippen LogP contribution in [-0.4, -0.2) is 22.6 Å². The summed E-state index contributed by atoms with van der Waals surface area (Å²) in [6.45, 7) is 2.13. The van der Waals surface area contributed by atoms with Crippen molar-refractivity contribution in [1.82, 2.24) is 0 Å². The van der Waals surface area contributed by atoms with Crippen LogP contribution in [0.3, 0.4) is 0 Å². The van der Waals surface area contributed by atoms with Crippen molar-refractivity contribution in [3.63, 3.8) is 0 Å². The van der Waals surface area contributed by atoms with Crippen molar-refractivity contribution in [1.29, 1.82) is 0 Å². The fraction of sp³-hybridized carbons (Fsp3) is 0.571. The summed E-state index contributed by atoms with van der Waals surface area (Å²) in [5.74, 6) is -1.13. The molecule has 0 saturated heterocycles. The number of carbonyl (C=O) groups excluding carboxylic acids is 1. The van der Waals surface area contributed by atoms with E-state index in [-0.39, 0.29) is 11.2 Å². The number of rotatable bonds is 8. The molecule has 5 nitrogen and oxygen atoms in total. The lowest BCUT2D eigenvalue weighted by molar-refractivity contribution is -0.135. The minimum atomic E-state index is -0.636. The second-order valence-corrected chi connectivity index (χ2v) is 5.48. The molecule has 1 aromatic rings. The van der Waals surface area contributed by atoms with Gasteiger partial charge in [-0.2, -0.15) is 11.8 Å². The highest BCUT2D eigenvalue weighted by molar-refractivity contribution is 7.99. The molecule has 0 amide bonds. The first kappa shape index (κ1) is 16.6. The number of ether oxygens (including phenoxy) is 1. The highest BCUT2D eigenvalue weighted by Gasteiger charge is 2.20. The highest BCUT2D eigenvalue weighted by Crippen LogP contribution is 2.19. The molecule has 6 heteroatoms. The first-order valence-corrected chi connectivity index (χ1v) is 7.93. The van der Waals surface area contributed by atoms with Gasteiger partial charge in [0.15, 0.2) is 5.75 Å². The van der Waals surface area contributed by atoms with Gasteiger partial charge in [-0.1, -0.05) is 32.6 Å². The summed E-state index contributed by atoms with van der Waals surface area (Å²) in [6, 6.07) is 0.960. The van der Waals surface area contributed by atoms with E-state index in [4.69, 9.17) is 14.3 Å². The molecule has 0 spiro atoms. The van der Waals surface area contributed by atoms with Gasteiger partial charge in [0.1, 0.15) is 11.5 Å². The second kappa shape index (κ2) is 8.68. The summed E-state index contributed by atoms with van der Waals surface area (Å²) in [4.78, 5) is 23.1. The van der Waals surface area contributed by atoms with Crippen molar-refractivity contribution < 1.29 is 19.1 Å². The number of hydrogen-bond donors (Lipinski definition) is 1. The lowest BCUT2D eigenvalue weighted by Crippen LogP contribution is -2.23. The molecule has 1 heterocycles. The van der Waals surface area contributed by atoms with Gasteiger partial charge in [0, 0.05) is 0 Å². The molecule has 1 aromatic heterocycles. The van der Waals surface area contributed by atoms with Crippen LogP contribution in [0.2, 0.25) is 0 Å². The lowest BCUT2D eigenvalue weighted by atomic mass is 10.1. The number of thioether (sulfide) groups is 1. The highest BCUT2D eigenvalue weighted by atomic mass is 32.2. The zero-order valence-corrected chi connectivity index (χ0v) is 12.6. The van der Waals surface area contributed by atoms with Crippen molar-refractivity contribution in [3.8, 4) is 11.7 Å². The maximum atomic E-state index is 11.9. The smallest absolute Gasteiger partial charge is 0.326 e. The molecule has 1 unspecified atom stereocenters. The van der Waals surface area contributed by atoms with E-state index < -0.39 is 17.1 Å². The molecule has 0 bridgehead atoms. The van der Waals surface area contributed by atoms with Gasteiger partial charge in [-0.15, -0.1) is 0 Å². The Morgan fingerprint density at radius 3 is 2.80 bits per heavy atom. The summed E-state index contributed by atoms with van der Waals surface area (Å²) in [7, 11) is 0. The van der Waals surface area contributed by atoms with Gasteiger partial charge in [0.25, 0.3) is 5.95 Å². The molecular formula is C14H20O5S. The van der Waals surface area contributed by atoms with E-state index >= 15 is 0 Å². The van der Waals surface area contributed by atoms with E-state index in [1.54, 1.807) is 0 Å². The van der Waals surface area contributed by atoms with E-state index in [0.717, 1.165) is 44.4 Å². The van der Waals surface area contributed by atoms with Gasteiger partial charge >= 0.3 is 5.97 Å². The van der Waals surface area contributed by atoms with Crippen LogP contribution in [0.15, 0.2) is 21.5 Å². The summed E-state index contributed by atoms with van der Waals surface area (Å²) >= 11 is 1.42. The second-order valence-electron chi connectivity index (χ2n) is 4.44. The number of esters is 1. The van der Waals surface area contributed by atoms with Crippen LogP contribution in [0.1, 0.15) is 39.0 Å². The number of aromatic hydroxyl groups is 1. The Hall–Kier alpha value is -1.43. The van der Waals surface area contributed by atoms with Crippen molar-refractivity contribution in [3.05, 3.63) is 22.6 Å². The maximum Gasteiger partial charge on any atom is 0.326 e. The van der Waals surface area contributed by atoms with Crippen molar-refractivity contribution in [2.75, 3.05) is 6.26 Å². The quantitative estimate of drug-likeness (QED) is 0.587. The van der Waals surface area contributed by atoms with Crippen LogP contribution in [-0.2, 0) is 4.79 Å². The Morgan fingerprint density at radius 2 is 2.20 bits per heavy atom. The Bertz CT molecular complexity index is 483. The topological polar surface area (TPSA) is 76.7 Å². The van der Waals surface area contributed by atoms with Crippen LogP contribution in [0.25, 0.3) is 0 Å². The molecule has 1 N–H and O–H groups in total. The lowest BCUT2D eigenvalue weighted by Gasteiger charge is -2.12. The normalized spacial score (nSPS) is 12.1. The summed E-state index contributed by atoms with van der Waals surface area (Å²) in [5.41, 5.74) is -0.636. The van der Waals surface area contributed by atoms with Crippen LogP contribution in [0, 0.1) is 0 Å². The van der Waals surface area contributed by atoms with Gasteiger partial charge in [0.05, 0.1) is 6.07 Å². The van der Waals surface area contributed by atoms with Gasteiger partial charge in [-0.05, 0) is 12.7 Å². The predicted molar refractivity (Wildman–Crippen MR) is 78.3 cm³/mol. The maximum absolute atomic E-state index is 11.9. The molecule has 0 aromatic carbocycles. The van der Waals surface area contributed by atoms with E-state index in [0.29, 0.717) is 0 Å². The molecular weight excluding hydrogens is 280 g/mol. The third-order valence-electron chi connectivity index (χ3n) is 2.86. The molecule has 0 radical (unpaired) electrons. The molecule has 20 heavy (non-hydrogen) atoms. The number of hydrogen-bond acceptors (Lipinski definition) is 6. The summed E-state index contributed by atoms with van der Waals surface area (Å²) < 4.78 is 9.87. The SMILES string of the molecule is CCCCCCC(SC)C(=O)Oc1cc(=O)c(O)co1. The zero-order chi connectivity index (χ0) is 15.0. The van der Waals surface area contributed by atoms with E-state index in [2.05, 4.69) is 6.92 Å².